The van der Waals surface area contributed by atoms with Gasteiger partial charge in [-0.1, -0.05) is 22.0 Å². The van der Waals surface area contributed by atoms with Crippen molar-refractivity contribution in [2.75, 3.05) is 6.61 Å². The van der Waals surface area contributed by atoms with Gasteiger partial charge in [-0.15, -0.1) is 6.58 Å². The lowest BCUT2D eigenvalue weighted by Crippen LogP contribution is -2.37. The lowest BCUT2D eigenvalue weighted by Gasteiger charge is -2.15. The Morgan fingerprint density at radius 1 is 1.50 bits per heavy atom. The summed E-state index contributed by atoms with van der Waals surface area (Å²) in [7, 11) is -3.63. The summed E-state index contributed by atoms with van der Waals surface area (Å²) in [6, 6.07) is 4.38. The van der Waals surface area contributed by atoms with Crippen LogP contribution in [0.3, 0.4) is 0 Å². The summed E-state index contributed by atoms with van der Waals surface area (Å²) < 4.78 is 27.4. The second-order valence-electron chi connectivity index (χ2n) is 3.99. The maximum Gasteiger partial charge on any atom is 0.240 e. The Bertz CT molecular complexity index is 508. The molecule has 1 aromatic carbocycles. The fourth-order valence-electron chi connectivity index (χ4n) is 1.51. The molecule has 0 aromatic heterocycles. The molecule has 0 aliphatic carbocycles. The Morgan fingerprint density at radius 3 is 2.67 bits per heavy atom. The summed E-state index contributed by atoms with van der Waals surface area (Å²) in [4.78, 5) is 0.178. The minimum Gasteiger partial charge on any atom is -0.395 e. The van der Waals surface area contributed by atoms with Gasteiger partial charge in [-0.3, -0.25) is 0 Å². The van der Waals surface area contributed by atoms with Crippen molar-refractivity contribution in [1.82, 2.24) is 4.72 Å². The Labute approximate surface area is 116 Å². The van der Waals surface area contributed by atoms with Gasteiger partial charge in [0.25, 0.3) is 0 Å². The molecule has 0 amide bonds. The van der Waals surface area contributed by atoms with Crippen LogP contribution in [-0.4, -0.2) is 26.2 Å². The molecule has 2 N–H and O–H groups in total. The average molecular weight is 334 g/mol. The third-order valence-electron chi connectivity index (χ3n) is 2.32. The summed E-state index contributed by atoms with van der Waals surface area (Å²) in [6.45, 7) is 5.08. The molecular weight excluding hydrogens is 318 g/mol. The zero-order valence-corrected chi connectivity index (χ0v) is 12.5. The number of aliphatic hydroxyl groups excluding tert-OH is 1. The molecule has 100 valence electrons. The lowest BCUT2D eigenvalue weighted by molar-refractivity contribution is 0.257. The van der Waals surface area contributed by atoms with Gasteiger partial charge < -0.3 is 5.11 Å². The number of sulfonamides is 1. The normalized spacial score (nSPS) is 13.3. The second kappa shape index (κ2) is 6.47. The van der Waals surface area contributed by atoms with Crippen LogP contribution in [0, 0.1) is 6.92 Å². The third-order valence-corrected chi connectivity index (χ3v) is 4.28. The van der Waals surface area contributed by atoms with Crippen LogP contribution in [0.2, 0.25) is 0 Å². The van der Waals surface area contributed by atoms with Crippen molar-refractivity contribution < 1.29 is 13.5 Å². The molecule has 1 aromatic rings. The highest BCUT2D eigenvalue weighted by Gasteiger charge is 2.19. The van der Waals surface area contributed by atoms with E-state index in [2.05, 4.69) is 27.2 Å². The van der Waals surface area contributed by atoms with E-state index in [1.54, 1.807) is 12.1 Å². The number of hydrogen-bond acceptors (Lipinski definition) is 3. The van der Waals surface area contributed by atoms with Gasteiger partial charge >= 0.3 is 0 Å². The highest BCUT2D eigenvalue weighted by Crippen LogP contribution is 2.19. The Hall–Kier alpha value is -0.690. The van der Waals surface area contributed by atoms with Crippen LogP contribution in [0.25, 0.3) is 0 Å². The topological polar surface area (TPSA) is 66.4 Å². The summed E-state index contributed by atoms with van der Waals surface area (Å²) >= 11 is 3.26. The molecule has 18 heavy (non-hydrogen) atoms. The van der Waals surface area contributed by atoms with E-state index in [4.69, 9.17) is 5.11 Å². The van der Waals surface area contributed by atoms with Crippen molar-refractivity contribution in [3.63, 3.8) is 0 Å². The maximum absolute atomic E-state index is 12.1. The van der Waals surface area contributed by atoms with E-state index >= 15 is 0 Å². The van der Waals surface area contributed by atoms with E-state index in [9.17, 15) is 8.42 Å². The zero-order chi connectivity index (χ0) is 13.8. The number of benzene rings is 1. The summed E-state index contributed by atoms with van der Waals surface area (Å²) in [6.07, 6.45) is 1.94. The van der Waals surface area contributed by atoms with E-state index in [1.807, 2.05) is 13.0 Å². The van der Waals surface area contributed by atoms with Gasteiger partial charge in [0, 0.05) is 10.5 Å². The van der Waals surface area contributed by atoms with Crippen molar-refractivity contribution in [3.8, 4) is 0 Å². The van der Waals surface area contributed by atoms with E-state index in [-0.39, 0.29) is 11.5 Å². The van der Waals surface area contributed by atoms with Crippen molar-refractivity contribution in [1.29, 1.82) is 0 Å². The fourth-order valence-corrected chi connectivity index (χ4v) is 3.63. The first kappa shape index (κ1) is 15.4. The number of nitrogens with one attached hydrogen (secondary N) is 1. The predicted octanol–water partition coefficient (Wildman–Crippen LogP) is 1.97. The van der Waals surface area contributed by atoms with E-state index in [0.717, 1.165) is 5.56 Å². The molecule has 1 atom stereocenters. The molecule has 0 unspecified atom stereocenters. The SMILES string of the molecule is C=CC[C@H](CO)NS(=O)(=O)c1cc(C)cc(Br)c1. The Balaban J connectivity index is 3.01. The second-order valence-corrected chi connectivity index (χ2v) is 6.62. The van der Waals surface area contributed by atoms with E-state index < -0.39 is 16.1 Å². The first-order valence-corrected chi connectivity index (χ1v) is 7.68. The van der Waals surface area contributed by atoms with Crippen LogP contribution < -0.4 is 4.72 Å². The largest absolute Gasteiger partial charge is 0.395 e. The molecule has 0 spiro atoms. The highest BCUT2D eigenvalue weighted by molar-refractivity contribution is 9.10. The van der Waals surface area contributed by atoms with Crippen LogP contribution in [0.4, 0.5) is 0 Å². The van der Waals surface area contributed by atoms with Gasteiger partial charge in [-0.05, 0) is 37.1 Å². The smallest absolute Gasteiger partial charge is 0.240 e. The highest BCUT2D eigenvalue weighted by atomic mass is 79.9. The van der Waals surface area contributed by atoms with Crippen molar-refractivity contribution in [2.24, 2.45) is 0 Å². The number of aryl methyl sites for hydroxylation is 1. The first-order chi connectivity index (χ1) is 8.39. The summed E-state index contributed by atoms with van der Waals surface area (Å²) in [5, 5.41) is 9.09. The molecule has 1 rings (SSSR count). The number of rotatable bonds is 6. The van der Waals surface area contributed by atoms with Gasteiger partial charge in [0.05, 0.1) is 11.5 Å². The third kappa shape index (κ3) is 4.20. The lowest BCUT2D eigenvalue weighted by atomic mass is 10.2. The Morgan fingerprint density at radius 2 is 2.17 bits per heavy atom. The van der Waals surface area contributed by atoms with Crippen LogP contribution >= 0.6 is 15.9 Å². The molecule has 6 heteroatoms. The molecule has 0 radical (unpaired) electrons. The molecule has 0 aliphatic heterocycles. The van der Waals surface area contributed by atoms with Gasteiger partial charge in [0.2, 0.25) is 10.0 Å². The number of aliphatic hydroxyl groups is 1. The van der Waals surface area contributed by atoms with E-state index in [0.29, 0.717) is 10.9 Å². The molecule has 0 aliphatic rings. The van der Waals surface area contributed by atoms with Gasteiger partial charge in [0.1, 0.15) is 0 Å². The monoisotopic (exact) mass is 333 g/mol. The average Bonchev–Trinajstić information content (AvgIpc) is 2.27. The predicted molar refractivity (Wildman–Crippen MR) is 74.9 cm³/mol. The van der Waals surface area contributed by atoms with Crippen LogP contribution in [0.15, 0.2) is 40.2 Å². The minimum atomic E-state index is -3.63. The molecule has 0 bridgehead atoms. The molecule has 0 fully saturated rings. The standard InChI is InChI=1S/C12H16BrNO3S/c1-3-4-11(8-15)14-18(16,17)12-6-9(2)5-10(13)7-12/h3,5-7,11,14-15H,1,4,8H2,2H3/t11-/m1/s1. The molecule has 0 saturated carbocycles. The fraction of sp³-hybridized carbons (Fsp3) is 0.333. The van der Waals surface area contributed by atoms with Crippen LogP contribution in [-0.2, 0) is 10.0 Å². The quantitative estimate of drug-likeness (QED) is 0.782. The van der Waals surface area contributed by atoms with Crippen molar-refractivity contribution in [3.05, 3.63) is 40.9 Å². The van der Waals surface area contributed by atoms with Gasteiger partial charge in [0.15, 0.2) is 0 Å². The summed E-state index contributed by atoms with van der Waals surface area (Å²) in [5.41, 5.74) is 0.842. The van der Waals surface area contributed by atoms with Crippen LogP contribution in [0.5, 0.6) is 0 Å². The van der Waals surface area contributed by atoms with Crippen LogP contribution in [0.1, 0.15) is 12.0 Å². The van der Waals surface area contributed by atoms with Crippen molar-refractivity contribution in [2.45, 2.75) is 24.3 Å². The first-order valence-electron chi connectivity index (χ1n) is 5.40. The molecule has 0 saturated heterocycles. The van der Waals surface area contributed by atoms with E-state index in [1.165, 1.54) is 6.07 Å². The molecule has 0 heterocycles. The number of hydrogen-bond donors (Lipinski definition) is 2. The Kier molecular flexibility index (Phi) is 5.52. The number of halogens is 1. The minimum absolute atomic E-state index is 0.178. The summed E-state index contributed by atoms with van der Waals surface area (Å²) in [5.74, 6) is 0. The van der Waals surface area contributed by atoms with Crippen molar-refractivity contribution >= 4 is 26.0 Å². The molecular formula is C12H16BrNO3S. The maximum atomic E-state index is 12.1. The van der Waals surface area contributed by atoms with Gasteiger partial charge in [-0.2, -0.15) is 0 Å². The van der Waals surface area contributed by atoms with Gasteiger partial charge in [-0.25, -0.2) is 13.1 Å². The zero-order valence-electron chi connectivity index (χ0n) is 10.1. The molecule has 4 nitrogen and oxygen atoms in total.